The van der Waals surface area contributed by atoms with Crippen LogP contribution in [0.2, 0.25) is 0 Å². The highest BCUT2D eigenvalue weighted by Crippen LogP contribution is 2.16. The van der Waals surface area contributed by atoms with Gasteiger partial charge in [0.05, 0.1) is 6.61 Å². The van der Waals surface area contributed by atoms with Crippen LogP contribution in [0.5, 0.6) is 5.88 Å². The second-order valence-corrected chi connectivity index (χ2v) is 5.91. The number of ether oxygens (including phenoxy) is 1. The Hall–Kier alpha value is -3.03. The number of aryl methyl sites for hydroxylation is 2. The Labute approximate surface area is 151 Å². The number of fused-ring (bicyclic) bond motifs is 1. The molecule has 8 heteroatoms. The summed E-state index contributed by atoms with van der Waals surface area (Å²) in [6.45, 7) is 6.73. The summed E-state index contributed by atoms with van der Waals surface area (Å²) in [5.74, 6) is 1.10. The number of pyridine rings is 1. The Kier molecular flexibility index (Phi) is 5.40. The smallest absolute Gasteiger partial charge is 0.252 e. The van der Waals surface area contributed by atoms with Gasteiger partial charge in [0, 0.05) is 36.1 Å². The summed E-state index contributed by atoms with van der Waals surface area (Å²) in [5.41, 5.74) is 3.72. The van der Waals surface area contributed by atoms with Crippen molar-refractivity contribution in [2.24, 2.45) is 0 Å². The van der Waals surface area contributed by atoms with Crippen molar-refractivity contribution >= 4 is 11.7 Å². The molecule has 1 N–H and O–H groups in total. The quantitative estimate of drug-likeness (QED) is 0.695. The van der Waals surface area contributed by atoms with Crippen LogP contribution in [0.25, 0.3) is 5.78 Å². The molecule has 0 saturated carbocycles. The van der Waals surface area contributed by atoms with Gasteiger partial charge in [-0.15, -0.1) is 0 Å². The highest BCUT2D eigenvalue weighted by molar-refractivity contribution is 5.76. The molecule has 0 bridgehead atoms. The van der Waals surface area contributed by atoms with Crippen LogP contribution < -0.4 is 10.1 Å². The van der Waals surface area contributed by atoms with E-state index in [0.717, 1.165) is 22.5 Å². The monoisotopic (exact) mass is 354 g/mol. The fourth-order valence-electron chi connectivity index (χ4n) is 2.86. The van der Waals surface area contributed by atoms with Crippen molar-refractivity contribution in [3.05, 3.63) is 47.2 Å². The molecule has 136 valence electrons. The van der Waals surface area contributed by atoms with E-state index in [1.54, 1.807) is 10.7 Å². The zero-order valence-electron chi connectivity index (χ0n) is 15.2. The number of hydrogen-bond acceptors (Lipinski definition) is 6. The summed E-state index contributed by atoms with van der Waals surface area (Å²) in [6.07, 6.45) is 4.12. The summed E-state index contributed by atoms with van der Waals surface area (Å²) >= 11 is 0. The Morgan fingerprint density at radius 3 is 2.96 bits per heavy atom. The molecular formula is C18H22N6O2. The largest absolute Gasteiger partial charge is 0.478 e. The first-order valence-electron chi connectivity index (χ1n) is 8.59. The molecule has 0 aliphatic heterocycles. The lowest BCUT2D eigenvalue weighted by atomic mass is 10.1. The van der Waals surface area contributed by atoms with Crippen LogP contribution in [0.1, 0.15) is 35.9 Å². The maximum atomic E-state index is 12.3. The molecule has 0 atom stereocenters. The molecule has 3 heterocycles. The second-order valence-electron chi connectivity index (χ2n) is 5.91. The minimum Gasteiger partial charge on any atom is -0.478 e. The van der Waals surface area contributed by atoms with Crippen molar-refractivity contribution in [1.82, 2.24) is 29.9 Å². The lowest BCUT2D eigenvalue weighted by Crippen LogP contribution is -2.24. The molecular weight excluding hydrogens is 332 g/mol. The van der Waals surface area contributed by atoms with Crippen LogP contribution in [-0.2, 0) is 17.8 Å². The summed E-state index contributed by atoms with van der Waals surface area (Å²) in [7, 11) is 0. The van der Waals surface area contributed by atoms with Crippen LogP contribution >= 0.6 is 0 Å². The molecule has 0 unspecified atom stereocenters. The number of rotatable bonds is 7. The fourth-order valence-corrected chi connectivity index (χ4v) is 2.86. The minimum atomic E-state index is -0.0335. The number of nitrogens with zero attached hydrogens (tertiary/aromatic N) is 5. The van der Waals surface area contributed by atoms with Crippen molar-refractivity contribution in [2.75, 3.05) is 6.61 Å². The second kappa shape index (κ2) is 7.90. The molecule has 1 amide bonds. The van der Waals surface area contributed by atoms with Gasteiger partial charge in [0.2, 0.25) is 11.8 Å². The van der Waals surface area contributed by atoms with Gasteiger partial charge >= 0.3 is 0 Å². The molecule has 3 rings (SSSR count). The van der Waals surface area contributed by atoms with Gasteiger partial charge in [-0.05, 0) is 38.8 Å². The zero-order valence-corrected chi connectivity index (χ0v) is 15.2. The molecule has 0 saturated heterocycles. The van der Waals surface area contributed by atoms with Crippen LogP contribution in [-0.4, -0.2) is 37.1 Å². The predicted molar refractivity (Wildman–Crippen MR) is 95.8 cm³/mol. The average molecular weight is 354 g/mol. The molecule has 0 aliphatic carbocycles. The first kappa shape index (κ1) is 17.8. The lowest BCUT2D eigenvalue weighted by Gasteiger charge is -2.11. The third-order valence-corrected chi connectivity index (χ3v) is 4.20. The number of nitrogens with one attached hydrogen (secondary N) is 1. The van der Waals surface area contributed by atoms with Crippen molar-refractivity contribution in [3.8, 4) is 5.88 Å². The van der Waals surface area contributed by atoms with Gasteiger partial charge in [0.1, 0.15) is 6.33 Å². The van der Waals surface area contributed by atoms with E-state index >= 15 is 0 Å². The van der Waals surface area contributed by atoms with Crippen LogP contribution in [0.3, 0.4) is 0 Å². The number of carbonyl (C=O) groups is 1. The third kappa shape index (κ3) is 3.79. The van der Waals surface area contributed by atoms with Gasteiger partial charge in [-0.1, -0.05) is 6.07 Å². The summed E-state index contributed by atoms with van der Waals surface area (Å²) < 4.78 is 7.18. The van der Waals surface area contributed by atoms with Gasteiger partial charge in [-0.3, -0.25) is 4.79 Å². The topological polar surface area (TPSA) is 94.3 Å². The Bertz CT molecular complexity index is 921. The summed E-state index contributed by atoms with van der Waals surface area (Å²) in [6, 6.07) is 3.73. The number of aromatic nitrogens is 5. The summed E-state index contributed by atoms with van der Waals surface area (Å²) in [5, 5.41) is 7.10. The molecule has 0 aliphatic rings. The number of amides is 1. The molecule has 0 aromatic carbocycles. The van der Waals surface area contributed by atoms with E-state index in [2.05, 4.69) is 25.4 Å². The van der Waals surface area contributed by atoms with E-state index in [0.29, 0.717) is 37.7 Å². The van der Waals surface area contributed by atoms with E-state index in [9.17, 15) is 4.79 Å². The molecule has 0 spiro atoms. The Morgan fingerprint density at radius 1 is 1.31 bits per heavy atom. The van der Waals surface area contributed by atoms with Crippen LogP contribution in [0.4, 0.5) is 0 Å². The Morgan fingerprint density at radius 2 is 2.15 bits per heavy atom. The molecule has 0 fully saturated rings. The molecule has 3 aromatic heterocycles. The van der Waals surface area contributed by atoms with E-state index < -0.39 is 0 Å². The first-order valence-corrected chi connectivity index (χ1v) is 8.59. The number of hydrogen-bond donors (Lipinski definition) is 1. The molecule has 26 heavy (non-hydrogen) atoms. The maximum Gasteiger partial charge on any atom is 0.252 e. The van der Waals surface area contributed by atoms with Gasteiger partial charge in [0.15, 0.2) is 0 Å². The van der Waals surface area contributed by atoms with E-state index in [1.165, 1.54) is 6.33 Å². The summed E-state index contributed by atoms with van der Waals surface area (Å²) in [4.78, 5) is 25.0. The third-order valence-electron chi connectivity index (χ3n) is 4.20. The Balaban J connectivity index is 1.61. The molecule has 3 aromatic rings. The minimum absolute atomic E-state index is 0.0335. The normalized spacial score (nSPS) is 10.9. The van der Waals surface area contributed by atoms with Crippen LogP contribution in [0.15, 0.2) is 24.7 Å². The highest BCUT2D eigenvalue weighted by Gasteiger charge is 2.13. The standard InChI is InChI=1S/C18H22N6O2/c1-4-26-17-14(6-5-9-19-17)10-20-16(25)8-7-15-12(2)23-18-21-11-22-24(18)13(15)3/h5-6,9,11H,4,7-8,10H2,1-3H3,(H,20,25). The van der Waals surface area contributed by atoms with Gasteiger partial charge < -0.3 is 10.1 Å². The SMILES string of the molecule is CCOc1ncccc1CNC(=O)CCc1c(C)nc2ncnn2c1C. The van der Waals surface area contributed by atoms with E-state index in [1.807, 2.05) is 32.9 Å². The van der Waals surface area contributed by atoms with Gasteiger partial charge in [0.25, 0.3) is 5.78 Å². The van der Waals surface area contributed by atoms with Gasteiger partial charge in [-0.2, -0.15) is 10.1 Å². The molecule has 0 radical (unpaired) electrons. The van der Waals surface area contributed by atoms with Crippen molar-refractivity contribution < 1.29 is 9.53 Å². The lowest BCUT2D eigenvalue weighted by molar-refractivity contribution is -0.121. The predicted octanol–water partition coefficient (Wildman–Crippen LogP) is 1.78. The van der Waals surface area contributed by atoms with Gasteiger partial charge in [-0.25, -0.2) is 14.5 Å². The van der Waals surface area contributed by atoms with E-state index in [-0.39, 0.29) is 5.91 Å². The van der Waals surface area contributed by atoms with E-state index in [4.69, 9.17) is 4.74 Å². The van der Waals surface area contributed by atoms with Crippen molar-refractivity contribution in [1.29, 1.82) is 0 Å². The van der Waals surface area contributed by atoms with Crippen molar-refractivity contribution in [3.63, 3.8) is 0 Å². The van der Waals surface area contributed by atoms with Crippen LogP contribution in [0, 0.1) is 13.8 Å². The number of carbonyl (C=O) groups excluding carboxylic acids is 1. The van der Waals surface area contributed by atoms with Crippen molar-refractivity contribution in [2.45, 2.75) is 40.2 Å². The average Bonchev–Trinajstić information content (AvgIpc) is 3.09. The first-order chi connectivity index (χ1) is 12.6. The zero-order chi connectivity index (χ0) is 18.5. The molecule has 8 nitrogen and oxygen atoms in total. The fraction of sp³-hybridized carbons (Fsp3) is 0.389. The maximum absolute atomic E-state index is 12.3. The highest BCUT2D eigenvalue weighted by atomic mass is 16.5.